The van der Waals surface area contributed by atoms with Gasteiger partial charge in [-0.1, -0.05) is 0 Å². The molecular formula is C12H14F3NO2. The Morgan fingerprint density at radius 1 is 1.28 bits per heavy atom. The van der Waals surface area contributed by atoms with Crippen LogP contribution in [0.3, 0.4) is 0 Å². The highest BCUT2D eigenvalue weighted by atomic mass is 19.2. The lowest BCUT2D eigenvalue weighted by atomic mass is 10.2. The van der Waals surface area contributed by atoms with Crippen LogP contribution in [0.15, 0.2) is 12.1 Å². The third kappa shape index (κ3) is 3.15. The van der Waals surface area contributed by atoms with Gasteiger partial charge in [0.25, 0.3) is 0 Å². The van der Waals surface area contributed by atoms with Crippen LogP contribution in [0, 0.1) is 17.5 Å². The lowest BCUT2D eigenvalue weighted by Gasteiger charge is -2.28. The summed E-state index contributed by atoms with van der Waals surface area (Å²) >= 11 is 0. The van der Waals surface area contributed by atoms with Crippen LogP contribution in [-0.4, -0.2) is 23.7 Å². The second-order valence-corrected chi connectivity index (χ2v) is 4.13. The van der Waals surface area contributed by atoms with Crippen molar-refractivity contribution in [1.29, 1.82) is 0 Å². The van der Waals surface area contributed by atoms with Crippen molar-refractivity contribution in [3.8, 4) is 0 Å². The SMILES string of the molecule is CC(C)N(CCC(=O)O)c1ccc(F)c(F)c1F. The van der Waals surface area contributed by atoms with E-state index in [2.05, 4.69) is 0 Å². The molecule has 1 aromatic rings. The molecule has 0 amide bonds. The van der Waals surface area contributed by atoms with Crippen molar-refractivity contribution < 1.29 is 23.1 Å². The first-order valence-corrected chi connectivity index (χ1v) is 5.46. The van der Waals surface area contributed by atoms with Crippen LogP contribution < -0.4 is 4.90 Å². The third-order valence-corrected chi connectivity index (χ3v) is 2.51. The normalized spacial score (nSPS) is 10.8. The van der Waals surface area contributed by atoms with Crippen molar-refractivity contribution >= 4 is 11.7 Å². The predicted molar refractivity (Wildman–Crippen MR) is 61.1 cm³/mol. The van der Waals surface area contributed by atoms with Gasteiger partial charge in [0.1, 0.15) is 0 Å². The molecule has 6 heteroatoms. The van der Waals surface area contributed by atoms with Crippen LogP contribution in [0.25, 0.3) is 0 Å². The molecule has 0 spiro atoms. The molecule has 0 saturated heterocycles. The molecule has 0 aliphatic carbocycles. The van der Waals surface area contributed by atoms with E-state index < -0.39 is 23.4 Å². The van der Waals surface area contributed by atoms with Crippen molar-refractivity contribution in [2.75, 3.05) is 11.4 Å². The van der Waals surface area contributed by atoms with Crippen LogP contribution >= 0.6 is 0 Å². The highest BCUT2D eigenvalue weighted by Crippen LogP contribution is 2.25. The first kappa shape index (κ1) is 14.3. The van der Waals surface area contributed by atoms with Crippen molar-refractivity contribution in [2.24, 2.45) is 0 Å². The van der Waals surface area contributed by atoms with Gasteiger partial charge in [-0.3, -0.25) is 4.79 Å². The van der Waals surface area contributed by atoms with Crippen molar-refractivity contribution in [1.82, 2.24) is 0 Å². The molecule has 18 heavy (non-hydrogen) atoms. The van der Waals surface area contributed by atoms with Gasteiger partial charge in [0.05, 0.1) is 12.1 Å². The predicted octanol–water partition coefficient (Wildman–Crippen LogP) is 2.79. The van der Waals surface area contributed by atoms with E-state index in [0.717, 1.165) is 12.1 Å². The molecule has 0 saturated carbocycles. The molecule has 0 unspecified atom stereocenters. The smallest absolute Gasteiger partial charge is 0.305 e. The Morgan fingerprint density at radius 3 is 2.39 bits per heavy atom. The summed E-state index contributed by atoms with van der Waals surface area (Å²) in [6, 6.07) is 1.70. The lowest BCUT2D eigenvalue weighted by Crippen LogP contribution is -2.33. The highest BCUT2D eigenvalue weighted by molar-refractivity contribution is 5.67. The summed E-state index contributed by atoms with van der Waals surface area (Å²) in [6.07, 6.45) is -0.212. The molecule has 100 valence electrons. The Kier molecular flexibility index (Phi) is 4.58. The van der Waals surface area contributed by atoms with Gasteiger partial charge in [-0.2, -0.15) is 0 Å². The van der Waals surface area contributed by atoms with Crippen LogP contribution in [0.1, 0.15) is 20.3 Å². The fraction of sp³-hybridized carbons (Fsp3) is 0.417. The van der Waals surface area contributed by atoms with E-state index in [9.17, 15) is 18.0 Å². The van der Waals surface area contributed by atoms with E-state index in [1.54, 1.807) is 13.8 Å². The molecule has 0 heterocycles. The fourth-order valence-corrected chi connectivity index (χ4v) is 1.61. The minimum atomic E-state index is -1.55. The summed E-state index contributed by atoms with van der Waals surface area (Å²) in [7, 11) is 0. The summed E-state index contributed by atoms with van der Waals surface area (Å²) in [6.45, 7) is 3.44. The van der Waals surface area contributed by atoms with Gasteiger partial charge in [-0.05, 0) is 26.0 Å². The summed E-state index contributed by atoms with van der Waals surface area (Å²) in [5.74, 6) is -5.15. The zero-order valence-electron chi connectivity index (χ0n) is 10.1. The van der Waals surface area contributed by atoms with Crippen LogP contribution in [0.2, 0.25) is 0 Å². The number of aliphatic carboxylic acids is 1. The Balaban J connectivity index is 3.06. The molecule has 0 radical (unpaired) electrons. The Hall–Kier alpha value is -1.72. The highest BCUT2D eigenvalue weighted by Gasteiger charge is 2.20. The van der Waals surface area contributed by atoms with E-state index in [0.29, 0.717) is 0 Å². The van der Waals surface area contributed by atoms with Gasteiger partial charge >= 0.3 is 5.97 Å². The van der Waals surface area contributed by atoms with Crippen molar-refractivity contribution in [3.63, 3.8) is 0 Å². The molecule has 0 aliphatic heterocycles. The van der Waals surface area contributed by atoms with Gasteiger partial charge in [0.15, 0.2) is 17.5 Å². The second-order valence-electron chi connectivity index (χ2n) is 4.13. The molecule has 0 fully saturated rings. The van der Waals surface area contributed by atoms with Gasteiger partial charge in [0.2, 0.25) is 0 Å². The molecule has 1 aromatic carbocycles. The second kappa shape index (κ2) is 5.75. The van der Waals surface area contributed by atoms with E-state index in [4.69, 9.17) is 5.11 Å². The van der Waals surface area contributed by atoms with Gasteiger partial charge in [-0.15, -0.1) is 0 Å². The maximum absolute atomic E-state index is 13.6. The van der Waals surface area contributed by atoms with Crippen molar-refractivity contribution in [2.45, 2.75) is 26.3 Å². The molecule has 0 aliphatic rings. The number of hydrogen-bond donors (Lipinski definition) is 1. The summed E-state index contributed by atoms with van der Waals surface area (Å²) in [5.41, 5.74) is -0.134. The zero-order chi connectivity index (χ0) is 13.9. The minimum Gasteiger partial charge on any atom is -0.481 e. The number of carboxylic acid groups (broad SMARTS) is 1. The number of carboxylic acids is 1. The molecular weight excluding hydrogens is 247 g/mol. The Morgan fingerprint density at radius 2 is 1.89 bits per heavy atom. The summed E-state index contributed by atoms with van der Waals surface area (Å²) in [4.78, 5) is 11.9. The molecule has 1 rings (SSSR count). The molecule has 0 bridgehead atoms. The number of halogens is 3. The quantitative estimate of drug-likeness (QED) is 0.828. The maximum atomic E-state index is 13.6. The average molecular weight is 261 g/mol. The minimum absolute atomic E-state index is 0.0228. The van der Waals surface area contributed by atoms with Gasteiger partial charge in [-0.25, -0.2) is 13.2 Å². The number of benzene rings is 1. The number of nitrogens with zero attached hydrogens (tertiary/aromatic N) is 1. The molecule has 0 atom stereocenters. The summed E-state index contributed by atoms with van der Waals surface area (Å²) < 4.78 is 39.5. The monoisotopic (exact) mass is 261 g/mol. The molecule has 3 nitrogen and oxygen atoms in total. The molecule has 1 N–H and O–H groups in total. The van der Waals surface area contributed by atoms with E-state index in [1.807, 2.05) is 0 Å². The number of carbonyl (C=O) groups is 1. The van der Waals surface area contributed by atoms with E-state index in [1.165, 1.54) is 4.90 Å². The van der Waals surface area contributed by atoms with E-state index >= 15 is 0 Å². The molecule has 0 aromatic heterocycles. The summed E-state index contributed by atoms with van der Waals surface area (Å²) in [5, 5.41) is 8.60. The van der Waals surface area contributed by atoms with Gasteiger partial charge < -0.3 is 10.0 Å². The third-order valence-electron chi connectivity index (χ3n) is 2.51. The Labute approximate surface area is 103 Å². The Bertz CT molecular complexity index is 449. The number of hydrogen-bond acceptors (Lipinski definition) is 2. The van der Waals surface area contributed by atoms with Crippen LogP contribution in [0.5, 0.6) is 0 Å². The van der Waals surface area contributed by atoms with Crippen molar-refractivity contribution in [3.05, 3.63) is 29.6 Å². The van der Waals surface area contributed by atoms with Crippen LogP contribution in [-0.2, 0) is 4.79 Å². The van der Waals surface area contributed by atoms with Crippen LogP contribution in [0.4, 0.5) is 18.9 Å². The largest absolute Gasteiger partial charge is 0.481 e. The maximum Gasteiger partial charge on any atom is 0.305 e. The van der Waals surface area contributed by atoms with E-state index in [-0.39, 0.29) is 24.7 Å². The topological polar surface area (TPSA) is 40.5 Å². The average Bonchev–Trinajstić information content (AvgIpc) is 2.28. The first-order valence-electron chi connectivity index (χ1n) is 5.46. The number of rotatable bonds is 5. The standard InChI is InChI=1S/C12H14F3NO2/c1-7(2)16(6-5-10(17)18)9-4-3-8(13)11(14)12(9)15/h3-4,7H,5-6H2,1-2H3,(H,17,18). The first-order chi connectivity index (χ1) is 8.34. The zero-order valence-corrected chi connectivity index (χ0v) is 10.1. The van der Waals surface area contributed by atoms with Gasteiger partial charge in [0, 0.05) is 12.6 Å². The number of anilines is 1. The lowest BCUT2D eigenvalue weighted by molar-refractivity contribution is -0.136. The fourth-order valence-electron chi connectivity index (χ4n) is 1.61.